The normalized spacial score (nSPS) is 12.9. The molecule has 0 radical (unpaired) electrons. The molecule has 2 aromatic carbocycles. The van der Waals surface area contributed by atoms with Gasteiger partial charge in [-0.15, -0.1) is 0 Å². The van der Waals surface area contributed by atoms with E-state index in [1.807, 2.05) is 32.0 Å². The van der Waals surface area contributed by atoms with Crippen molar-refractivity contribution in [3.63, 3.8) is 0 Å². The molecule has 0 unspecified atom stereocenters. The van der Waals surface area contributed by atoms with Crippen LogP contribution in [0.25, 0.3) is 0 Å². The molecule has 3 rings (SSSR count). The standard InChI is InChI=1S/C17H16ClNO3/c1-10-5-11(2)7-12(6-10)17(20)19-14-9-16-15(8-13(14)18)21-3-4-22-16/h5-9H,3-4H2,1-2H3,(H,19,20). The van der Waals surface area contributed by atoms with Gasteiger partial charge in [-0.1, -0.05) is 28.8 Å². The summed E-state index contributed by atoms with van der Waals surface area (Å²) in [6, 6.07) is 9.06. The van der Waals surface area contributed by atoms with Crippen LogP contribution in [-0.2, 0) is 0 Å². The van der Waals surface area contributed by atoms with E-state index < -0.39 is 0 Å². The number of fused-ring (bicyclic) bond motifs is 1. The Morgan fingerprint density at radius 1 is 1.00 bits per heavy atom. The SMILES string of the molecule is Cc1cc(C)cc(C(=O)Nc2cc3c(cc2Cl)OCCO3)c1. The number of nitrogens with one attached hydrogen (secondary N) is 1. The molecule has 0 aromatic heterocycles. The van der Waals surface area contributed by atoms with Gasteiger partial charge in [0.2, 0.25) is 0 Å². The van der Waals surface area contributed by atoms with Gasteiger partial charge in [0.15, 0.2) is 11.5 Å². The van der Waals surface area contributed by atoms with E-state index in [-0.39, 0.29) is 5.91 Å². The van der Waals surface area contributed by atoms with Crippen molar-refractivity contribution in [2.75, 3.05) is 18.5 Å². The van der Waals surface area contributed by atoms with Crippen molar-refractivity contribution in [1.29, 1.82) is 0 Å². The number of rotatable bonds is 2. The Kier molecular flexibility index (Phi) is 3.94. The molecule has 1 aliphatic heterocycles. The minimum Gasteiger partial charge on any atom is -0.486 e. The molecule has 0 bridgehead atoms. The predicted molar refractivity (Wildman–Crippen MR) is 86.3 cm³/mol. The Bertz CT molecular complexity index is 723. The number of amides is 1. The molecule has 114 valence electrons. The summed E-state index contributed by atoms with van der Waals surface area (Å²) in [5.41, 5.74) is 3.19. The van der Waals surface area contributed by atoms with Gasteiger partial charge in [0.05, 0.1) is 10.7 Å². The number of anilines is 1. The fraction of sp³-hybridized carbons (Fsp3) is 0.235. The largest absolute Gasteiger partial charge is 0.486 e. The lowest BCUT2D eigenvalue weighted by atomic mass is 10.1. The summed E-state index contributed by atoms with van der Waals surface area (Å²) in [4.78, 5) is 12.4. The molecule has 4 nitrogen and oxygen atoms in total. The van der Waals surface area contributed by atoms with Gasteiger partial charge in [0, 0.05) is 17.7 Å². The fourth-order valence-corrected chi connectivity index (χ4v) is 2.66. The molecule has 0 aliphatic carbocycles. The average Bonchev–Trinajstić information content (AvgIpc) is 2.47. The highest BCUT2D eigenvalue weighted by Gasteiger charge is 2.17. The van der Waals surface area contributed by atoms with Crippen LogP contribution in [0.4, 0.5) is 5.69 Å². The zero-order valence-electron chi connectivity index (χ0n) is 12.4. The molecule has 1 aliphatic rings. The minimum atomic E-state index is -0.203. The highest BCUT2D eigenvalue weighted by Crippen LogP contribution is 2.38. The van der Waals surface area contributed by atoms with E-state index in [1.165, 1.54) is 0 Å². The van der Waals surface area contributed by atoms with Crippen molar-refractivity contribution in [1.82, 2.24) is 0 Å². The van der Waals surface area contributed by atoms with Crippen LogP contribution in [0.15, 0.2) is 30.3 Å². The topological polar surface area (TPSA) is 47.6 Å². The van der Waals surface area contributed by atoms with E-state index in [0.717, 1.165) is 11.1 Å². The van der Waals surface area contributed by atoms with Crippen LogP contribution < -0.4 is 14.8 Å². The van der Waals surface area contributed by atoms with E-state index in [4.69, 9.17) is 21.1 Å². The quantitative estimate of drug-likeness (QED) is 0.911. The third kappa shape index (κ3) is 3.02. The van der Waals surface area contributed by atoms with Crippen LogP contribution in [0.1, 0.15) is 21.5 Å². The van der Waals surface area contributed by atoms with E-state index in [9.17, 15) is 4.79 Å². The third-order valence-corrected chi connectivity index (χ3v) is 3.68. The average molecular weight is 318 g/mol. The van der Waals surface area contributed by atoms with E-state index in [2.05, 4.69) is 5.32 Å². The predicted octanol–water partition coefficient (Wildman–Crippen LogP) is 3.98. The number of halogens is 1. The van der Waals surface area contributed by atoms with Crippen LogP contribution in [0, 0.1) is 13.8 Å². The van der Waals surface area contributed by atoms with Gasteiger partial charge in [-0.3, -0.25) is 4.79 Å². The molecule has 1 heterocycles. The Hall–Kier alpha value is -2.20. The first-order valence-corrected chi connectivity index (χ1v) is 7.39. The number of benzene rings is 2. The molecule has 0 saturated heterocycles. The van der Waals surface area contributed by atoms with E-state index in [1.54, 1.807) is 12.1 Å². The molecule has 1 N–H and O–H groups in total. The maximum atomic E-state index is 12.4. The molecule has 0 atom stereocenters. The summed E-state index contributed by atoms with van der Waals surface area (Å²) in [5, 5.41) is 3.24. The van der Waals surface area contributed by atoms with Crippen LogP contribution in [0.3, 0.4) is 0 Å². The van der Waals surface area contributed by atoms with Crippen LogP contribution >= 0.6 is 11.6 Å². The van der Waals surface area contributed by atoms with E-state index >= 15 is 0 Å². The Morgan fingerprint density at radius 2 is 1.59 bits per heavy atom. The molecule has 0 fully saturated rings. The van der Waals surface area contributed by atoms with Gasteiger partial charge in [-0.2, -0.15) is 0 Å². The summed E-state index contributed by atoms with van der Waals surface area (Å²) in [7, 11) is 0. The first-order chi connectivity index (χ1) is 10.5. The van der Waals surface area contributed by atoms with Gasteiger partial charge in [-0.05, 0) is 26.0 Å². The van der Waals surface area contributed by atoms with Gasteiger partial charge >= 0.3 is 0 Å². The first-order valence-electron chi connectivity index (χ1n) is 7.02. The summed E-state index contributed by atoms with van der Waals surface area (Å²) >= 11 is 6.21. The second kappa shape index (κ2) is 5.89. The number of aryl methyl sites for hydroxylation is 2. The zero-order valence-corrected chi connectivity index (χ0v) is 13.2. The van der Waals surface area contributed by atoms with E-state index in [0.29, 0.717) is 41.0 Å². The number of hydrogen-bond donors (Lipinski definition) is 1. The third-order valence-electron chi connectivity index (χ3n) is 3.36. The first kappa shape index (κ1) is 14.7. The minimum absolute atomic E-state index is 0.203. The summed E-state index contributed by atoms with van der Waals surface area (Å²) < 4.78 is 11.0. The molecule has 0 spiro atoms. The number of carbonyl (C=O) groups excluding carboxylic acids is 1. The van der Waals surface area contributed by atoms with Gasteiger partial charge in [0.1, 0.15) is 13.2 Å². The molecular weight excluding hydrogens is 302 g/mol. The second-order valence-electron chi connectivity index (χ2n) is 5.31. The lowest BCUT2D eigenvalue weighted by Crippen LogP contribution is -2.17. The highest BCUT2D eigenvalue weighted by molar-refractivity contribution is 6.34. The van der Waals surface area contributed by atoms with Crippen molar-refractivity contribution >= 4 is 23.2 Å². The Morgan fingerprint density at radius 3 is 2.23 bits per heavy atom. The fourth-order valence-electron chi connectivity index (χ4n) is 2.46. The monoisotopic (exact) mass is 317 g/mol. The summed E-state index contributed by atoms with van der Waals surface area (Å²) in [6.45, 7) is 4.90. The molecule has 1 amide bonds. The van der Waals surface area contributed by atoms with Gasteiger partial charge < -0.3 is 14.8 Å². The van der Waals surface area contributed by atoms with Crippen molar-refractivity contribution in [2.24, 2.45) is 0 Å². The summed E-state index contributed by atoms with van der Waals surface area (Å²) in [5.74, 6) is 0.984. The van der Waals surface area contributed by atoms with Gasteiger partial charge in [0.25, 0.3) is 5.91 Å². The van der Waals surface area contributed by atoms with Crippen molar-refractivity contribution in [3.05, 3.63) is 52.0 Å². The molecule has 22 heavy (non-hydrogen) atoms. The Balaban J connectivity index is 1.87. The number of ether oxygens (including phenoxy) is 2. The lowest BCUT2D eigenvalue weighted by Gasteiger charge is -2.20. The highest BCUT2D eigenvalue weighted by atomic mass is 35.5. The zero-order chi connectivity index (χ0) is 15.7. The second-order valence-corrected chi connectivity index (χ2v) is 5.71. The van der Waals surface area contributed by atoms with Crippen LogP contribution in [-0.4, -0.2) is 19.1 Å². The van der Waals surface area contributed by atoms with Gasteiger partial charge in [-0.25, -0.2) is 0 Å². The molecular formula is C17H16ClNO3. The molecule has 0 saturated carbocycles. The lowest BCUT2D eigenvalue weighted by molar-refractivity contribution is 0.102. The molecule has 5 heteroatoms. The van der Waals surface area contributed by atoms with Crippen molar-refractivity contribution in [3.8, 4) is 11.5 Å². The number of hydrogen-bond acceptors (Lipinski definition) is 3. The smallest absolute Gasteiger partial charge is 0.255 e. The van der Waals surface area contributed by atoms with Crippen molar-refractivity contribution < 1.29 is 14.3 Å². The Labute approximate surface area is 134 Å². The maximum Gasteiger partial charge on any atom is 0.255 e. The number of carbonyl (C=O) groups is 1. The van der Waals surface area contributed by atoms with Crippen molar-refractivity contribution in [2.45, 2.75) is 13.8 Å². The van der Waals surface area contributed by atoms with Crippen LogP contribution in [0.5, 0.6) is 11.5 Å². The van der Waals surface area contributed by atoms with Crippen LogP contribution in [0.2, 0.25) is 5.02 Å². The summed E-state index contributed by atoms with van der Waals surface area (Å²) in [6.07, 6.45) is 0. The maximum absolute atomic E-state index is 12.4. The molecule has 2 aromatic rings.